The average Bonchev–Trinajstić information content (AvgIpc) is 2.90. The van der Waals surface area contributed by atoms with Crippen molar-refractivity contribution in [2.75, 3.05) is 0 Å². The minimum Gasteiger partial charge on any atom is -0.480 e. The molecule has 12 heteroatoms. The van der Waals surface area contributed by atoms with Crippen LogP contribution in [0.5, 0.6) is 11.5 Å². The number of carbonyl (C=O) groups is 4. The number of ether oxygens (including phenoxy) is 6. The molecule has 0 aliphatic heterocycles. The smallest absolute Gasteiger partial charge is 0.480 e. The Morgan fingerprint density at radius 2 is 1.37 bits per heavy atom. The second kappa shape index (κ2) is 17.5. The molecule has 1 fully saturated rings. The highest BCUT2D eigenvalue weighted by atomic mass is 16.8. The molecular formula is C31H47NO11. The van der Waals surface area contributed by atoms with Gasteiger partial charge < -0.3 is 39.3 Å². The Balaban J connectivity index is 2.19. The Morgan fingerprint density at radius 3 is 1.91 bits per heavy atom. The van der Waals surface area contributed by atoms with E-state index < -0.39 is 48.3 Å². The molecule has 0 aromatic heterocycles. The second-order valence-corrected chi connectivity index (χ2v) is 11.3. The number of nitrogens with two attached hydrogens (primary N) is 1. The third kappa shape index (κ3) is 12.7. The second-order valence-electron chi connectivity index (χ2n) is 11.3. The monoisotopic (exact) mass is 609 g/mol. The molecule has 4 atom stereocenters. The van der Waals surface area contributed by atoms with Gasteiger partial charge in [-0.05, 0) is 77.0 Å². The molecule has 0 radical (unpaired) electrons. The normalized spacial score (nSPS) is 17.0. The molecule has 43 heavy (non-hydrogen) atoms. The molecule has 1 saturated carbocycles. The molecule has 0 heterocycles. The van der Waals surface area contributed by atoms with Crippen molar-refractivity contribution in [1.82, 2.24) is 0 Å². The van der Waals surface area contributed by atoms with Crippen molar-refractivity contribution >= 4 is 24.4 Å². The molecule has 0 saturated heterocycles. The predicted octanol–water partition coefficient (Wildman–Crippen LogP) is 6.68. The van der Waals surface area contributed by atoms with Gasteiger partial charge in [-0.1, -0.05) is 39.2 Å². The van der Waals surface area contributed by atoms with Crippen molar-refractivity contribution in [1.29, 1.82) is 0 Å². The number of benzene rings is 1. The van der Waals surface area contributed by atoms with E-state index in [1.54, 1.807) is 13.8 Å². The molecular weight excluding hydrogens is 562 g/mol. The summed E-state index contributed by atoms with van der Waals surface area (Å²) in [4.78, 5) is 49.4. The highest BCUT2D eigenvalue weighted by molar-refractivity contribution is 5.79. The van der Waals surface area contributed by atoms with Crippen molar-refractivity contribution in [2.45, 2.75) is 135 Å². The lowest BCUT2D eigenvalue weighted by Crippen LogP contribution is -2.52. The lowest BCUT2D eigenvalue weighted by molar-refractivity contribution is -0.144. The quantitative estimate of drug-likeness (QED) is 0.123. The van der Waals surface area contributed by atoms with Crippen molar-refractivity contribution < 1.29 is 52.7 Å². The zero-order valence-electron chi connectivity index (χ0n) is 25.9. The van der Waals surface area contributed by atoms with Crippen LogP contribution < -0.4 is 15.2 Å². The van der Waals surface area contributed by atoms with E-state index >= 15 is 0 Å². The van der Waals surface area contributed by atoms with Gasteiger partial charge in [0, 0.05) is 12.8 Å². The first-order chi connectivity index (χ1) is 20.3. The van der Waals surface area contributed by atoms with Gasteiger partial charge in [0.1, 0.15) is 30.0 Å². The Kier molecular flexibility index (Phi) is 14.5. The molecule has 12 nitrogen and oxygen atoms in total. The lowest BCUT2D eigenvalue weighted by atomic mass is 9.86. The summed E-state index contributed by atoms with van der Waals surface area (Å²) in [6.07, 6.45) is 2.20. The number of hydrogen-bond acceptors (Lipinski definition) is 11. The molecule has 0 spiro atoms. The van der Waals surface area contributed by atoms with Gasteiger partial charge in [-0.3, -0.25) is 4.79 Å². The Bertz CT molecular complexity index is 1070. The van der Waals surface area contributed by atoms with E-state index in [9.17, 15) is 24.3 Å². The fraction of sp³-hybridized carbons (Fsp3) is 0.677. The third-order valence-electron chi connectivity index (χ3n) is 7.09. The molecule has 1 aromatic rings. The van der Waals surface area contributed by atoms with Gasteiger partial charge in [-0.25, -0.2) is 14.4 Å². The van der Waals surface area contributed by atoms with Gasteiger partial charge in [0.05, 0.1) is 0 Å². The summed E-state index contributed by atoms with van der Waals surface area (Å²) >= 11 is 0. The van der Waals surface area contributed by atoms with E-state index in [1.807, 2.05) is 13.8 Å². The van der Waals surface area contributed by atoms with Crippen LogP contribution in [0.15, 0.2) is 18.2 Å². The summed E-state index contributed by atoms with van der Waals surface area (Å²) in [5.41, 5.74) is 4.80. The highest BCUT2D eigenvalue weighted by Crippen LogP contribution is 2.32. The van der Waals surface area contributed by atoms with E-state index in [0.717, 1.165) is 44.9 Å². The Hall–Kier alpha value is -3.54. The first-order valence-electron chi connectivity index (χ1n) is 15.1. The van der Waals surface area contributed by atoms with E-state index in [0.29, 0.717) is 18.4 Å². The summed E-state index contributed by atoms with van der Waals surface area (Å²) in [6, 6.07) is 4.18. The van der Waals surface area contributed by atoms with Crippen LogP contribution in [0, 0.1) is 0 Å². The van der Waals surface area contributed by atoms with E-state index in [-0.39, 0.29) is 30.4 Å². The topological polar surface area (TPSA) is 170 Å². The molecule has 1 aliphatic rings. The summed E-state index contributed by atoms with van der Waals surface area (Å²) in [5.74, 6) is -1.63. The van der Waals surface area contributed by atoms with Gasteiger partial charge >= 0.3 is 24.4 Å². The van der Waals surface area contributed by atoms with Crippen LogP contribution in [-0.4, -0.2) is 59.5 Å². The minimum absolute atomic E-state index is 0.127. The number of aliphatic carboxylic acids is 1. The number of hydrogen-bond donors (Lipinski definition) is 2. The van der Waals surface area contributed by atoms with Crippen molar-refractivity contribution in [3.05, 3.63) is 23.8 Å². The molecule has 3 N–H and O–H groups in total. The maximum Gasteiger partial charge on any atom is 0.514 e. The molecule has 3 unspecified atom stereocenters. The molecule has 1 aromatic carbocycles. The standard InChI is InChI=1S/C31H47NO11/c1-6-11-20(3)38-29(36)42-25-16-15-23(17-26(25)43-30(37)39-21(4)12-7-2)19-31(32,27(33)34)18-22(5)40-28(35)41-24-13-9-8-10-14-24/h15-17,20-22,24H,6-14,18-19,32H2,1-5H3,(H,33,34)/t20?,21?,22-,31?/m0/s1. The summed E-state index contributed by atoms with van der Waals surface area (Å²) in [6.45, 7) is 8.88. The summed E-state index contributed by atoms with van der Waals surface area (Å²) < 4.78 is 31.9. The van der Waals surface area contributed by atoms with Gasteiger partial charge in [0.15, 0.2) is 11.5 Å². The minimum atomic E-state index is -1.87. The van der Waals surface area contributed by atoms with Crippen LogP contribution in [0.1, 0.15) is 104 Å². The van der Waals surface area contributed by atoms with Gasteiger partial charge in [-0.15, -0.1) is 0 Å². The molecule has 242 valence electrons. The molecule has 0 amide bonds. The summed E-state index contributed by atoms with van der Waals surface area (Å²) in [7, 11) is 0. The maximum atomic E-state index is 12.5. The predicted molar refractivity (Wildman–Crippen MR) is 156 cm³/mol. The van der Waals surface area contributed by atoms with Crippen molar-refractivity contribution in [3.8, 4) is 11.5 Å². The maximum absolute atomic E-state index is 12.5. The van der Waals surface area contributed by atoms with Crippen molar-refractivity contribution in [2.24, 2.45) is 5.73 Å². The average molecular weight is 610 g/mol. The van der Waals surface area contributed by atoms with E-state index in [2.05, 4.69) is 0 Å². The van der Waals surface area contributed by atoms with Gasteiger partial charge in [-0.2, -0.15) is 0 Å². The van der Waals surface area contributed by atoms with Gasteiger partial charge in [0.2, 0.25) is 0 Å². The van der Waals surface area contributed by atoms with Crippen LogP contribution in [0.4, 0.5) is 14.4 Å². The van der Waals surface area contributed by atoms with E-state index in [1.165, 1.54) is 25.1 Å². The Labute approximate surface area is 253 Å². The number of carboxylic acid groups (broad SMARTS) is 1. The molecule has 2 rings (SSSR count). The summed E-state index contributed by atoms with van der Waals surface area (Å²) in [5, 5.41) is 10.0. The number of rotatable bonds is 15. The van der Waals surface area contributed by atoms with Crippen LogP contribution in [0.3, 0.4) is 0 Å². The van der Waals surface area contributed by atoms with Crippen LogP contribution in [-0.2, 0) is 30.2 Å². The van der Waals surface area contributed by atoms with E-state index in [4.69, 9.17) is 34.2 Å². The fourth-order valence-corrected chi connectivity index (χ4v) is 4.98. The third-order valence-corrected chi connectivity index (χ3v) is 7.09. The van der Waals surface area contributed by atoms with Crippen LogP contribution >= 0.6 is 0 Å². The first-order valence-corrected chi connectivity index (χ1v) is 15.1. The highest BCUT2D eigenvalue weighted by Gasteiger charge is 2.38. The number of carboxylic acids is 1. The molecule has 0 bridgehead atoms. The Morgan fingerprint density at radius 1 is 0.837 bits per heavy atom. The SMILES string of the molecule is CCCC(C)OC(=O)Oc1ccc(CC(N)(C[C@H](C)OC(=O)OC2CCCCC2)C(=O)O)cc1OC(=O)OC(C)CCC. The van der Waals surface area contributed by atoms with Crippen LogP contribution in [0.25, 0.3) is 0 Å². The van der Waals surface area contributed by atoms with Gasteiger partial charge in [0.25, 0.3) is 0 Å². The number of carbonyl (C=O) groups excluding carboxylic acids is 3. The zero-order valence-corrected chi connectivity index (χ0v) is 25.9. The van der Waals surface area contributed by atoms with Crippen molar-refractivity contribution in [3.63, 3.8) is 0 Å². The lowest BCUT2D eigenvalue weighted by Gasteiger charge is -2.28. The largest absolute Gasteiger partial charge is 0.514 e. The fourth-order valence-electron chi connectivity index (χ4n) is 4.98. The molecule has 1 aliphatic carbocycles. The first kappa shape index (κ1) is 35.7. The van der Waals surface area contributed by atoms with Crippen LogP contribution in [0.2, 0.25) is 0 Å². The zero-order chi connectivity index (χ0) is 32.0.